The van der Waals surface area contributed by atoms with Crippen molar-refractivity contribution in [3.63, 3.8) is 0 Å². The Hall–Kier alpha value is -9.35. The molecule has 2 aromatic heterocycles. The second-order valence-electron chi connectivity index (χ2n) is 18.6. The van der Waals surface area contributed by atoms with Crippen LogP contribution in [0.3, 0.4) is 0 Å². The zero-order valence-electron chi connectivity index (χ0n) is 45.8. The first kappa shape index (κ1) is 37.4. The van der Waals surface area contributed by atoms with Gasteiger partial charge in [-0.3, -0.25) is 0 Å². The van der Waals surface area contributed by atoms with Crippen LogP contribution in [-0.2, 0) is 5.41 Å². The van der Waals surface area contributed by atoms with Crippen molar-refractivity contribution >= 4 is 31.5 Å². The summed E-state index contributed by atoms with van der Waals surface area (Å²) in [5.74, 6) is 0.703. The Balaban J connectivity index is 1.01. The van der Waals surface area contributed by atoms with Gasteiger partial charge in [-0.25, -0.2) is 15.0 Å². The van der Waals surface area contributed by atoms with Gasteiger partial charge >= 0.3 is 0 Å². The topological polar surface area (TPSA) is 38.7 Å². The van der Waals surface area contributed by atoms with Gasteiger partial charge in [0.05, 0.1) is 13.6 Å². The molecule has 0 spiro atoms. The quantitative estimate of drug-likeness (QED) is 0.145. The van der Waals surface area contributed by atoms with Crippen molar-refractivity contribution < 1.29 is 8.22 Å². The van der Waals surface area contributed by atoms with Crippen LogP contribution in [0.4, 0.5) is 0 Å². The highest BCUT2D eigenvalue weighted by Crippen LogP contribution is 2.56. The first-order valence-corrected chi connectivity index (χ1v) is 25.5. The Morgan fingerprint density at radius 3 is 1.45 bits per heavy atom. The summed E-state index contributed by atoms with van der Waals surface area (Å²) in [5, 5.41) is 0.668. The van der Waals surface area contributed by atoms with Crippen molar-refractivity contribution in [2.45, 2.75) is 5.41 Å². The molecular weight excluding hydrogens is 915 g/mol. The maximum absolute atomic E-state index is 10.2. The number of hydrogen-bond acceptors (Lipinski definition) is 4. The highest BCUT2D eigenvalue weighted by molar-refractivity contribution is 7.26. The van der Waals surface area contributed by atoms with Gasteiger partial charge in [-0.15, -0.1) is 11.3 Å². The fourth-order valence-corrected chi connectivity index (χ4v) is 12.0. The monoisotopic (exact) mass is 965 g/mol. The second kappa shape index (κ2) is 18.0. The first-order valence-electron chi connectivity index (χ1n) is 27.7. The minimum atomic E-state index is -0.707. The third-order valence-electron chi connectivity index (χ3n) is 14.3. The average Bonchev–Trinajstić information content (AvgIpc) is 4.24. The molecule has 1 aliphatic carbocycles. The lowest BCUT2D eigenvalue weighted by atomic mass is 9.67. The lowest BCUT2D eigenvalue weighted by molar-refractivity contribution is 0.768. The van der Waals surface area contributed by atoms with Gasteiger partial charge in [0, 0.05) is 36.9 Å². The fraction of sp³-hybridized carbons (Fsp3) is 0.0143. The third kappa shape index (κ3) is 7.38. The molecule has 0 amide bonds. The van der Waals surface area contributed by atoms with Crippen LogP contribution < -0.4 is 0 Å². The van der Waals surface area contributed by atoms with Crippen LogP contribution in [-0.4, -0.2) is 15.0 Å². The maximum Gasteiger partial charge on any atom is 0.164 e. The first-order chi connectivity index (χ1) is 39.2. The van der Waals surface area contributed by atoms with E-state index in [-0.39, 0.29) is 53.0 Å². The molecule has 0 radical (unpaired) electrons. The third-order valence-corrected chi connectivity index (χ3v) is 15.3. The molecule has 0 saturated heterocycles. The molecule has 1 aliphatic rings. The van der Waals surface area contributed by atoms with Gasteiger partial charge in [0.1, 0.15) is 0 Å². The molecule has 11 aromatic carbocycles. The summed E-state index contributed by atoms with van der Waals surface area (Å²) < 4.78 is 58.9. The Bertz CT molecular complexity index is 4500. The number of hydrogen-bond donors (Lipinski definition) is 0. The number of rotatable bonds is 9. The number of aromatic nitrogens is 3. The zero-order valence-corrected chi connectivity index (χ0v) is 40.6. The van der Waals surface area contributed by atoms with E-state index in [2.05, 4.69) is 103 Å². The molecular formula is C70H45N3S. The average molecular weight is 966 g/mol. The molecule has 0 unspecified atom stereocenters. The van der Waals surface area contributed by atoms with Crippen LogP contribution in [0.15, 0.2) is 273 Å². The van der Waals surface area contributed by atoms with E-state index >= 15 is 0 Å². The molecule has 0 aliphatic heterocycles. The molecule has 0 atom stereocenters. The van der Waals surface area contributed by atoms with Crippen molar-refractivity contribution in [1.29, 1.82) is 0 Å². The predicted octanol–water partition coefficient (Wildman–Crippen LogP) is 18.3. The summed E-state index contributed by atoms with van der Waals surface area (Å²) in [4.78, 5) is 15.6. The minimum Gasteiger partial charge on any atom is -0.208 e. The SMILES string of the molecule is [2H]c1c([2H])c(-c2cc(-c3ccccc3)cc(-c3ccccc3)c2)c2c(sc3c([2H])c(-c4nc(-c5cccc(-c6ccccc6)c5)nc(-c5ccc6c(c5)C(c5ccccc5)(c5ccccc5)c5ccccc5-6)n4)c([2H])c([2H])c32)c1[2H]. The van der Waals surface area contributed by atoms with Crippen LogP contribution in [0.25, 0.3) is 110 Å². The van der Waals surface area contributed by atoms with Gasteiger partial charge in [0.25, 0.3) is 0 Å². The highest BCUT2D eigenvalue weighted by Gasteiger charge is 2.46. The standard InChI is InChI=1S/C70H45N3S/c1-6-20-46(21-7-1)49-26-18-27-50(40-49)67-71-68(51-36-38-60-59-32-16-17-34-62(59)70(63(60)44-51,56-28-12-4-13-29-56)57-30-14-5-15-31-57)73-69(72-67)52-37-39-61-65(45-52)74-64-35-19-33-58(66(61)64)55-42-53(47-22-8-2-9-23-47)41-54(43-55)48-24-10-3-11-25-48/h1-45H/i19D,33D,35D,37D,39D,45D. The lowest BCUT2D eigenvalue weighted by Crippen LogP contribution is -2.28. The summed E-state index contributed by atoms with van der Waals surface area (Å²) in [6, 6.07) is 79.0. The molecule has 346 valence electrons. The number of nitrogens with zero attached hydrogens (tertiary/aromatic N) is 3. The van der Waals surface area contributed by atoms with Gasteiger partial charge in [-0.1, -0.05) is 230 Å². The van der Waals surface area contributed by atoms with Crippen LogP contribution in [0.2, 0.25) is 0 Å². The van der Waals surface area contributed by atoms with Crippen molar-refractivity contribution in [2.24, 2.45) is 0 Å². The van der Waals surface area contributed by atoms with Crippen molar-refractivity contribution in [1.82, 2.24) is 15.0 Å². The van der Waals surface area contributed by atoms with E-state index in [0.717, 1.165) is 78.1 Å². The van der Waals surface area contributed by atoms with Crippen molar-refractivity contribution in [3.05, 3.63) is 295 Å². The molecule has 3 nitrogen and oxygen atoms in total. The fourth-order valence-electron chi connectivity index (χ4n) is 10.9. The molecule has 2 heterocycles. The molecule has 0 bridgehead atoms. The largest absolute Gasteiger partial charge is 0.208 e. The van der Waals surface area contributed by atoms with Gasteiger partial charge in [-0.2, -0.15) is 0 Å². The van der Waals surface area contributed by atoms with Gasteiger partial charge in [0.2, 0.25) is 0 Å². The van der Waals surface area contributed by atoms with E-state index < -0.39 is 5.41 Å². The van der Waals surface area contributed by atoms with Crippen LogP contribution in [0.1, 0.15) is 30.5 Å². The van der Waals surface area contributed by atoms with Crippen molar-refractivity contribution in [2.75, 3.05) is 0 Å². The van der Waals surface area contributed by atoms with Crippen LogP contribution in [0.5, 0.6) is 0 Å². The van der Waals surface area contributed by atoms with E-state index in [1.807, 2.05) is 133 Å². The van der Waals surface area contributed by atoms with E-state index in [1.54, 1.807) is 0 Å². The Morgan fingerprint density at radius 1 is 0.324 bits per heavy atom. The second-order valence-corrected chi connectivity index (χ2v) is 19.6. The summed E-state index contributed by atoms with van der Waals surface area (Å²) >= 11 is 1.13. The van der Waals surface area contributed by atoms with Gasteiger partial charge < -0.3 is 0 Å². The predicted molar refractivity (Wildman–Crippen MR) is 308 cm³/mol. The van der Waals surface area contributed by atoms with E-state index in [9.17, 15) is 8.22 Å². The Labute approximate surface area is 442 Å². The van der Waals surface area contributed by atoms with Crippen LogP contribution >= 0.6 is 11.3 Å². The summed E-state index contributed by atoms with van der Waals surface area (Å²) in [6.45, 7) is 0. The minimum absolute atomic E-state index is 0.0392. The van der Waals surface area contributed by atoms with E-state index in [1.165, 1.54) is 0 Å². The number of fused-ring (bicyclic) bond motifs is 6. The number of benzene rings is 11. The zero-order chi connectivity index (χ0) is 54.2. The summed E-state index contributed by atoms with van der Waals surface area (Å²) in [5.41, 5.74) is 14.0. The van der Waals surface area contributed by atoms with E-state index in [0.29, 0.717) is 48.7 Å². The molecule has 0 fully saturated rings. The maximum atomic E-state index is 10.2. The molecule has 0 saturated carbocycles. The van der Waals surface area contributed by atoms with Gasteiger partial charge in [0.15, 0.2) is 17.5 Å². The Kier molecular flexibility index (Phi) is 9.13. The lowest BCUT2D eigenvalue weighted by Gasteiger charge is -2.34. The highest BCUT2D eigenvalue weighted by atomic mass is 32.1. The van der Waals surface area contributed by atoms with E-state index in [4.69, 9.17) is 15.0 Å². The summed E-state index contributed by atoms with van der Waals surface area (Å²) in [6.07, 6.45) is 0. The summed E-state index contributed by atoms with van der Waals surface area (Å²) in [7, 11) is 0. The number of thiophene rings is 1. The van der Waals surface area contributed by atoms with Crippen LogP contribution in [0, 0.1) is 0 Å². The molecule has 74 heavy (non-hydrogen) atoms. The van der Waals surface area contributed by atoms with Crippen molar-refractivity contribution in [3.8, 4) is 89.8 Å². The smallest absolute Gasteiger partial charge is 0.164 e. The van der Waals surface area contributed by atoms with Gasteiger partial charge in [-0.05, 0) is 120 Å². The molecule has 4 heteroatoms. The molecule has 14 rings (SSSR count). The normalized spacial score (nSPS) is 13.6. The Morgan fingerprint density at radius 2 is 0.811 bits per heavy atom. The molecule has 13 aromatic rings. The molecule has 0 N–H and O–H groups in total.